The second kappa shape index (κ2) is 13.8. The van der Waals surface area contributed by atoms with Gasteiger partial charge in [-0.25, -0.2) is 14.8 Å². The summed E-state index contributed by atoms with van der Waals surface area (Å²) in [6, 6.07) is 12.0. The highest BCUT2D eigenvalue weighted by molar-refractivity contribution is 7.99. The number of hydrogen-bond donors (Lipinski definition) is 1. The molecule has 0 spiro atoms. The summed E-state index contributed by atoms with van der Waals surface area (Å²) in [5.41, 5.74) is 1.20. The molecular formula is C27H36ClN7O2S. The van der Waals surface area contributed by atoms with Crippen molar-refractivity contribution in [2.24, 2.45) is 0 Å². The monoisotopic (exact) mass is 557 g/mol. The van der Waals surface area contributed by atoms with Crippen molar-refractivity contribution in [1.29, 1.82) is 0 Å². The van der Waals surface area contributed by atoms with Gasteiger partial charge < -0.3 is 20.0 Å². The minimum atomic E-state index is -0.0420. The first-order valence-electron chi connectivity index (χ1n) is 13.1. The lowest BCUT2D eigenvalue weighted by Crippen LogP contribution is -2.56. The van der Waals surface area contributed by atoms with E-state index in [4.69, 9.17) is 11.6 Å². The predicted molar refractivity (Wildman–Crippen MR) is 154 cm³/mol. The number of anilines is 1. The number of thioether (sulfide) groups is 1. The van der Waals surface area contributed by atoms with E-state index in [0.29, 0.717) is 49.6 Å². The van der Waals surface area contributed by atoms with Crippen LogP contribution >= 0.6 is 23.4 Å². The number of amides is 3. The van der Waals surface area contributed by atoms with Crippen LogP contribution in [0.15, 0.2) is 47.6 Å². The lowest BCUT2D eigenvalue weighted by molar-refractivity contribution is -0.130. The second-order valence-corrected chi connectivity index (χ2v) is 10.8. The SMILES string of the molecule is CCNC(=O)N1CCN(c2cc(Cl)nc(SCC(=O)N3CCN(C/C=C/c4ccccc4)CC3)n2)CC1C. The molecule has 1 aromatic heterocycles. The van der Waals surface area contributed by atoms with Gasteiger partial charge in [0.1, 0.15) is 11.0 Å². The molecule has 1 N–H and O–H groups in total. The first kappa shape index (κ1) is 28.2. The normalized spacial score (nSPS) is 18.7. The van der Waals surface area contributed by atoms with E-state index < -0.39 is 0 Å². The molecule has 2 aromatic rings. The highest BCUT2D eigenvalue weighted by Gasteiger charge is 2.28. The standard InChI is InChI=1S/C27H36ClN7O2S/c1-3-29-27(37)35-17-16-34(19-21(35)2)24-18-23(28)30-26(31-24)38-20-25(36)33-14-12-32(13-15-33)11-7-10-22-8-5-4-6-9-22/h4-10,18,21H,3,11-17,19-20H2,1-2H3,(H,29,37)/b10-7+. The Morgan fingerprint density at radius 2 is 1.87 bits per heavy atom. The fraction of sp³-hybridized carbons (Fsp3) is 0.481. The van der Waals surface area contributed by atoms with Crippen LogP contribution in [-0.2, 0) is 4.79 Å². The molecule has 0 saturated carbocycles. The molecule has 9 nitrogen and oxygen atoms in total. The average molecular weight is 558 g/mol. The van der Waals surface area contributed by atoms with Crippen molar-refractivity contribution < 1.29 is 9.59 Å². The van der Waals surface area contributed by atoms with Crippen molar-refractivity contribution in [1.82, 2.24) is 30.0 Å². The van der Waals surface area contributed by atoms with Crippen LogP contribution in [0.2, 0.25) is 5.15 Å². The number of aromatic nitrogens is 2. The molecule has 1 unspecified atom stereocenters. The van der Waals surface area contributed by atoms with Gasteiger partial charge in [-0.3, -0.25) is 9.69 Å². The van der Waals surface area contributed by atoms with Crippen LogP contribution in [0.4, 0.5) is 10.6 Å². The molecular weight excluding hydrogens is 522 g/mol. The zero-order valence-electron chi connectivity index (χ0n) is 22.1. The smallest absolute Gasteiger partial charge is 0.317 e. The first-order valence-corrected chi connectivity index (χ1v) is 14.5. The maximum absolute atomic E-state index is 12.9. The topological polar surface area (TPSA) is 84.9 Å². The Labute approximate surface area is 234 Å². The highest BCUT2D eigenvalue weighted by atomic mass is 35.5. The van der Waals surface area contributed by atoms with Crippen molar-refractivity contribution in [3.05, 3.63) is 53.2 Å². The van der Waals surface area contributed by atoms with Crippen LogP contribution in [0.3, 0.4) is 0 Å². The zero-order chi connectivity index (χ0) is 26.9. The highest BCUT2D eigenvalue weighted by Crippen LogP contribution is 2.24. The summed E-state index contributed by atoms with van der Waals surface area (Å²) in [6.45, 7) is 10.5. The maximum atomic E-state index is 12.9. The summed E-state index contributed by atoms with van der Waals surface area (Å²) in [7, 11) is 0. The quantitative estimate of drug-likeness (QED) is 0.303. The van der Waals surface area contributed by atoms with Gasteiger partial charge in [-0.15, -0.1) is 0 Å². The van der Waals surface area contributed by atoms with Gasteiger partial charge >= 0.3 is 6.03 Å². The minimum absolute atomic E-state index is 0.0363. The van der Waals surface area contributed by atoms with Crippen LogP contribution < -0.4 is 10.2 Å². The number of piperazine rings is 2. The van der Waals surface area contributed by atoms with Gasteiger partial charge in [0.05, 0.1) is 5.75 Å². The minimum Gasteiger partial charge on any atom is -0.353 e. The number of carbonyl (C=O) groups excluding carboxylic acids is 2. The van der Waals surface area contributed by atoms with Gasteiger partial charge in [0.2, 0.25) is 5.91 Å². The lowest BCUT2D eigenvalue weighted by atomic mass is 10.2. The number of benzene rings is 1. The van der Waals surface area contributed by atoms with Gasteiger partial charge in [0.25, 0.3) is 0 Å². The van der Waals surface area contributed by atoms with E-state index in [9.17, 15) is 9.59 Å². The molecule has 2 saturated heterocycles. The van der Waals surface area contributed by atoms with E-state index in [1.54, 1.807) is 6.07 Å². The molecule has 1 aromatic carbocycles. The van der Waals surface area contributed by atoms with Crippen molar-refractivity contribution in [2.45, 2.75) is 25.0 Å². The van der Waals surface area contributed by atoms with Crippen LogP contribution in [0.1, 0.15) is 19.4 Å². The molecule has 0 radical (unpaired) electrons. The molecule has 0 bridgehead atoms. The van der Waals surface area contributed by atoms with Crippen molar-refractivity contribution in [3.63, 3.8) is 0 Å². The molecule has 2 aliphatic heterocycles. The predicted octanol–water partition coefficient (Wildman–Crippen LogP) is 3.32. The summed E-state index contributed by atoms with van der Waals surface area (Å²) in [6.07, 6.45) is 4.31. The molecule has 4 rings (SSSR count). The first-order chi connectivity index (χ1) is 18.4. The Morgan fingerprint density at radius 3 is 2.58 bits per heavy atom. The summed E-state index contributed by atoms with van der Waals surface area (Å²) in [5, 5.41) is 3.71. The number of urea groups is 1. The number of nitrogens with zero attached hydrogens (tertiary/aromatic N) is 6. The van der Waals surface area contributed by atoms with E-state index in [2.05, 4.69) is 49.4 Å². The molecule has 3 heterocycles. The van der Waals surface area contributed by atoms with Gasteiger partial charge in [0, 0.05) is 71.0 Å². The average Bonchev–Trinajstić information content (AvgIpc) is 2.92. The fourth-order valence-corrected chi connectivity index (χ4v) is 5.62. The number of carbonyl (C=O) groups is 2. The molecule has 0 aliphatic carbocycles. The third-order valence-electron chi connectivity index (χ3n) is 6.72. The van der Waals surface area contributed by atoms with Gasteiger partial charge in [-0.2, -0.15) is 0 Å². The van der Waals surface area contributed by atoms with Gasteiger partial charge in [-0.1, -0.05) is 65.8 Å². The van der Waals surface area contributed by atoms with Gasteiger partial charge in [0.15, 0.2) is 5.16 Å². The largest absolute Gasteiger partial charge is 0.353 e. The van der Waals surface area contributed by atoms with Crippen molar-refractivity contribution >= 4 is 47.2 Å². The van der Waals surface area contributed by atoms with E-state index in [1.165, 1.54) is 17.3 Å². The number of hydrogen-bond acceptors (Lipinski definition) is 7. The van der Waals surface area contributed by atoms with Crippen molar-refractivity contribution in [2.75, 3.05) is 69.6 Å². The summed E-state index contributed by atoms with van der Waals surface area (Å²) in [5.74, 6) is 1.08. The van der Waals surface area contributed by atoms with E-state index >= 15 is 0 Å². The Hall–Kier alpha value is -2.82. The fourth-order valence-electron chi connectivity index (χ4n) is 4.63. The molecule has 38 heavy (non-hydrogen) atoms. The van der Waals surface area contributed by atoms with Crippen LogP contribution in [0, 0.1) is 0 Å². The third-order valence-corrected chi connectivity index (χ3v) is 7.75. The van der Waals surface area contributed by atoms with E-state index in [-0.39, 0.29) is 23.7 Å². The molecule has 2 aliphatic rings. The Bertz CT molecular complexity index is 1110. The molecule has 1 atom stereocenters. The third kappa shape index (κ3) is 7.85. The zero-order valence-corrected chi connectivity index (χ0v) is 23.6. The van der Waals surface area contributed by atoms with E-state index in [0.717, 1.165) is 25.5 Å². The molecule has 3 amide bonds. The van der Waals surface area contributed by atoms with E-state index in [1.807, 2.05) is 41.8 Å². The van der Waals surface area contributed by atoms with Crippen LogP contribution in [-0.4, -0.2) is 107 Å². The number of rotatable bonds is 8. The lowest BCUT2D eigenvalue weighted by Gasteiger charge is -2.40. The number of halogens is 1. The summed E-state index contributed by atoms with van der Waals surface area (Å²) in [4.78, 5) is 42.4. The Morgan fingerprint density at radius 1 is 1.11 bits per heavy atom. The molecule has 204 valence electrons. The Kier molecular flexibility index (Phi) is 10.3. The van der Waals surface area contributed by atoms with Crippen LogP contribution in [0.5, 0.6) is 0 Å². The number of nitrogens with one attached hydrogen (secondary N) is 1. The van der Waals surface area contributed by atoms with Crippen molar-refractivity contribution in [3.8, 4) is 0 Å². The van der Waals surface area contributed by atoms with Crippen LogP contribution in [0.25, 0.3) is 6.08 Å². The molecule has 11 heteroatoms. The maximum Gasteiger partial charge on any atom is 0.317 e. The van der Waals surface area contributed by atoms with Gasteiger partial charge in [-0.05, 0) is 19.4 Å². The molecule has 2 fully saturated rings. The second-order valence-electron chi connectivity index (χ2n) is 9.44. The summed E-state index contributed by atoms with van der Waals surface area (Å²) < 4.78 is 0. The Balaban J connectivity index is 1.24. The summed E-state index contributed by atoms with van der Waals surface area (Å²) >= 11 is 7.63.